The van der Waals surface area contributed by atoms with Crippen LogP contribution < -0.4 is 21.5 Å². The maximum Gasteiger partial charge on any atom is 0.237 e. The third kappa shape index (κ3) is 4.87. The van der Waals surface area contributed by atoms with Gasteiger partial charge >= 0.3 is 0 Å². The lowest BCUT2D eigenvalue weighted by Gasteiger charge is -2.51. The molecule has 8 atom stereocenters. The molecule has 4 aliphatic heterocycles. The molecular weight excluding hydrogens is 452 g/mol. The van der Waals surface area contributed by atoms with Gasteiger partial charge in [-0.3, -0.25) is 14.6 Å². The van der Waals surface area contributed by atoms with Crippen molar-refractivity contribution in [1.29, 1.82) is 0 Å². The summed E-state index contributed by atoms with van der Waals surface area (Å²) in [6, 6.07) is 1.74. The summed E-state index contributed by atoms with van der Waals surface area (Å²) >= 11 is 0. The first kappa shape index (κ1) is 24.3. The van der Waals surface area contributed by atoms with Gasteiger partial charge in [-0.25, -0.2) is 10.9 Å². The van der Waals surface area contributed by atoms with Crippen LogP contribution >= 0.6 is 0 Å². The van der Waals surface area contributed by atoms with Crippen LogP contribution in [0, 0.1) is 29.1 Å². The Morgan fingerprint density at radius 1 is 1.06 bits per heavy atom. The van der Waals surface area contributed by atoms with Crippen LogP contribution in [0.1, 0.15) is 70.6 Å². The van der Waals surface area contributed by atoms with Crippen LogP contribution in [-0.4, -0.2) is 86.1 Å². The first-order chi connectivity index (χ1) is 17.6. The average molecular weight is 501 g/mol. The zero-order chi connectivity index (χ0) is 24.3. The largest absolute Gasteiger partial charge is 0.380 e. The molecule has 0 radical (unpaired) electrons. The minimum absolute atomic E-state index is 0.00395. The molecule has 36 heavy (non-hydrogen) atoms. The van der Waals surface area contributed by atoms with Crippen molar-refractivity contribution in [3.05, 3.63) is 0 Å². The molecule has 4 N–H and O–H groups in total. The summed E-state index contributed by atoms with van der Waals surface area (Å²) in [5, 5.41) is 7.38. The van der Waals surface area contributed by atoms with E-state index in [2.05, 4.69) is 38.3 Å². The van der Waals surface area contributed by atoms with E-state index in [-0.39, 0.29) is 17.4 Å². The average Bonchev–Trinajstić information content (AvgIpc) is 3.77. The van der Waals surface area contributed by atoms with E-state index in [0.29, 0.717) is 30.1 Å². The molecule has 8 nitrogen and oxygen atoms in total. The van der Waals surface area contributed by atoms with Crippen molar-refractivity contribution in [2.45, 2.75) is 101 Å². The van der Waals surface area contributed by atoms with E-state index in [0.717, 1.165) is 63.4 Å². The fourth-order valence-corrected chi connectivity index (χ4v) is 8.55. The predicted octanol–water partition coefficient (Wildman–Crippen LogP) is 1.63. The standard InChI is InChI=1S/C28H48N6O2/c1-33-17-29-32-26(33)13-28(15-36-16-28)21-3-2-4-22(12-21)30-27(35)24-10-18(9-23(31-24)19-5-6-19)14-34-8-7-20-11-25(20)34/h18-26,29,31-32H,2-17H2,1H3,(H,30,35). The summed E-state index contributed by atoms with van der Waals surface area (Å²) in [4.78, 5) is 18.8. The second-order valence-corrected chi connectivity index (χ2v) is 13.7. The second kappa shape index (κ2) is 9.76. The van der Waals surface area contributed by atoms with E-state index in [1.807, 2.05) is 0 Å². The number of rotatable bonds is 8. The Bertz CT molecular complexity index is 818. The Balaban J connectivity index is 0.963. The van der Waals surface area contributed by atoms with Gasteiger partial charge in [-0.15, -0.1) is 0 Å². The van der Waals surface area contributed by atoms with Crippen molar-refractivity contribution in [3.8, 4) is 0 Å². The van der Waals surface area contributed by atoms with Crippen LogP contribution in [0.5, 0.6) is 0 Å². The van der Waals surface area contributed by atoms with Gasteiger partial charge in [-0.1, -0.05) is 6.42 Å². The molecule has 0 aromatic heterocycles. The van der Waals surface area contributed by atoms with Gasteiger partial charge < -0.3 is 15.4 Å². The molecule has 7 rings (SSSR count). The fourth-order valence-electron chi connectivity index (χ4n) is 8.55. The maximum absolute atomic E-state index is 13.6. The molecule has 0 aromatic rings. The molecule has 0 spiro atoms. The third-order valence-corrected chi connectivity index (χ3v) is 11.1. The Labute approximate surface area is 217 Å². The number of hydrazine groups is 1. The van der Waals surface area contributed by atoms with E-state index >= 15 is 0 Å². The molecule has 4 saturated heterocycles. The lowest BCUT2D eigenvalue weighted by molar-refractivity contribution is -0.166. The molecule has 1 amide bonds. The van der Waals surface area contributed by atoms with E-state index in [4.69, 9.17) is 4.74 Å². The second-order valence-electron chi connectivity index (χ2n) is 13.7. The van der Waals surface area contributed by atoms with E-state index in [1.165, 1.54) is 58.0 Å². The van der Waals surface area contributed by atoms with Gasteiger partial charge in [0.1, 0.15) is 0 Å². The smallest absolute Gasteiger partial charge is 0.237 e. The molecule has 4 heterocycles. The minimum atomic E-state index is -0.00395. The van der Waals surface area contributed by atoms with Crippen LogP contribution in [-0.2, 0) is 9.53 Å². The Hall–Kier alpha value is -0.770. The number of piperidine rings is 2. The monoisotopic (exact) mass is 500 g/mol. The SMILES string of the molecule is CN1CNNC1CC1(C2CCCC(NC(=O)C3CC(CN4CCC5CC54)CC(C4CC4)N3)C2)COC1. The van der Waals surface area contributed by atoms with Crippen LogP contribution in [0.2, 0.25) is 0 Å². The van der Waals surface area contributed by atoms with Gasteiger partial charge in [-0.2, -0.15) is 0 Å². The lowest BCUT2D eigenvalue weighted by Crippen LogP contribution is -2.58. The van der Waals surface area contributed by atoms with Gasteiger partial charge in [0.15, 0.2) is 0 Å². The number of carbonyl (C=O) groups is 1. The summed E-state index contributed by atoms with van der Waals surface area (Å²) in [6.45, 7) is 5.15. The van der Waals surface area contributed by atoms with Crippen molar-refractivity contribution in [3.63, 3.8) is 0 Å². The first-order valence-corrected chi connectivity index (χ1v) is 15.1. The molecule has 0 aromatic carbocycles. The van der Waals surface area contributed by atoms with Crippen molar-refractivity contribution in [2.75, 3.05) is 40.0 Å². The molecule has 202 valence electrons. The molecule has 8 unspecified atom stereocenters. The van der Waals surface area contributed by atoms with Gasteiger partial charge in [-0.05, 0) is 101 Å². The molecular formula is C28H48N6O2. The highest BCUT2D eigenvalue weighted by Crippen LogP contribution is 2.48. The third-order valence-electron chi connectivity index (χ3n) is 11.1. The zero-order valence-electron chi connectivity index (χ0n) is 22.2. The van der Waals surface area contributed by atoms with E-state index in [9.17, 15) is 4.79 Å². The van der Waals surface area contributed by atoms with Crippen LogP contribution in [0.25, 0.3) is 0 Å². The molecule has 7 aliphatic rings. The number of fused-ring (bicyclic) bond motifs is 1. The minimum Gasteiger partial charge on any atom is -0.380 e. The van der Waals surface area contributed by atoms with Crippen molar-refractivity contribution in [1.82, 2.24) is 31.3 Å². The highest BCUT2D eigenvalue weighted by Gasteiger charge is 2.50. The fraction of sp³-hybridized carbons (Fsp3) is 0.964. The Kier molecular flexibility index (Phi) is 6.58. The summed E-state index contributed by atoms with van der Waals surface area (Å²) in [6.07, 6.45) is 14.0. The van der Waals surface area contributed by atoms with E-state index in [1.54, 1.807) is 0 Å². The topological polar surface area (TPSA) is 80.9 Å². The van der Waals surface area contributed by atoms with Crippen molar-refractivity contribution < 1.29 is 9.53 Å². The summed E-state index contributed by atoms with van der Waals surface area (Å²) in [5.74, 6) is 3.39. The van der Waals surface area contributed by atoms with Crippen LogP contribution in [0.3, 0.4) is 0 Å². The van der Waals surface area contributed by atoms with Crippen molar-refractivity contribution in [2.24, 2.45) is 29.1 Å². The van der Waals surface area contributed by atoms with Gasteiger partial charge in [0.25, 0.3) is 0 Å². The zero-order valence-corrected chi connectivity index (χ0v) is 22.2. The number of nitrogens with one attached hydrogen (secondary N) is 4. The number of carbonyl (C=O) groups excluding carboxylic acids is 1. The summed E-state index contributed by atoms with van der Waals surface area (Å²) in [5.41, 5.74) is 6.98. The van der Waals surface area contributed by atoms with Crippen LogP contribution in [0.15, 0.2) is 0 Å². The van der Waals surface area contributed by atoms with Gasteiger partial charge in [0.2, 0.25) is 5.91 Å². The highest BCUT2D eigenvalue weighted by molar-refractivity contribution is 5.82. The Morgan fingerprint density at radius 2 is 1.94 bits per heavy atom. The molecule has 8 heteroatoms. The Morgan fingerprint density at radius 3 is 2.61 bits per heavy atom. The quantitative estimate of drug-likeness (QED) is 0.403. The number of ether oxygens (including phenoxy) is 1. The summed E-state index contributed by atoms with van der Waals surface area (Å²) in [7, 11) is 2.18. The van der Waals surface area contributed by atoms with Gasteiger partial charge in [0, 0.05) is 30.1 Å². The molecule has 0 bridgehead atoms. The number of hydrogen-bond donors (Lipinski definition) is 4. The highest BCUT2D eigenvalue weighted by atomic mass is 16.5. The first-order valence-electron chi connectivity index (χ1n) is 15.1. The molecule has 3 saturated carbocycles. The van der Waals surface area contributed by atoms with Crippen LogP contribution in [0.4, 0.5) is 0 Å². The number of likely N-dealkylation sites (tertiary alicyclic amines) is 1. The number of hydrogen-bond acceptors (Lipinski definition) is 7. The normalized spacial score (nSPS) is 44.7. The predicted molar refractivity (Wildman–Crippen MR) is 139 cm³/mol. The number of nitrogens with zero attached hydrogens (tertiary/aromatic N) is 2. The van der Waals surface area contributed by atoms with Gasteiger partial charge in [0.05, 0.1) is 32.1 Å². The van der Waals surface area contributed by atoms with E-state index < -0.39 is 0 Å². The molecule has 7 fully saturated rings. The number of amides is 1. The maximum atomic E-state index is 13.6. The summed E-state index contributed by atoms with van der Waals surface area (Å²) < 4.78 is 5.80. The lowest BCUT2D eigenvalue weighted by atomic mass is 9.64. The van der Waals surface area contributed by atoms with Crippen molar-refractivity contribution >= 4 is 5.91 Å². The molecule has 3 aliphatic carbocycles.